The fourth-order valence-electron chi connectivity index (χ4n) is 1.58. The molecule has 0 radical (unpaired) electrons. The van der Waals surface area contributed by atoms with Crippen LogP contribution in [0.3, 0.4) is 0 Å². The molecule has 16 heavy (non-hydrogen) atoms. The summed E-state index contributed by atoms with van der Waals surface area (Å²) in [6, 6.07) is 12.6. The summed E-state index contributed by atoms with van der Waals surface area (Å²) in [4.78, 5) is 15.2. The Morgan fingerprint density at radius 2 is 1.88 bits per heavy atom. The Balaban J connectivity index is 2.31. The SMILES string of the molecule is O=C(O)c1ccccc1Cc1ccccn1. The normalized spacial score (nSPS) is 10.0. The average Bonchev–Trinajstić information content (AvgIpc) is 2.31. The number of rotatable bonds is 3. The minimum absolute atomic E-state index is 0.341. The molecule has 1 aromatic heterocycles. The van der Waals surface area contributed by atoms with Crippen molar-refractivity contribution in [3.63, 3.8) is 0 Å². The number of aromatic carboxylic acids is 1. The molecule has 0 spiro atoms. The molecule has 0 saturated carbocycles. The Bertz CT molecular complexity index is 494. The highest BCUT2D eigenvalue weighted by Gasteiger charge is 2.09. The first-order valence-corrected chi connectivity index (χ1v) is 4.98. The van der Waals surface area contributed by atoms with Gasteiger partial charge >= 0.3 is 5.97 Å². The van der Waals surface area contributed by atoms with Crippen LogP contribution in [0.15, 0.2) is 48.7 Å². The van der Waals surface area contributed by atoms with E-state index in [4.69, 9.17) is 5.11 Å². The molecular formula is C13H11NO2. The predicted molar refractivity (Wildman–Crippen MR) is 60.4 cm³/mol. The maximum atomic E-state index is 11.0. The van der Waals surface area contributed by atoms with Gasteiger partial charge in [-0.05, 0) is 23.8 Å². The number of carboxylic acids is 1. The van der Waals surface area contributed by atoms with Gasteiger partial charge in [-0.2, -0.15) is 0 Å². The highest BCUT2D eigenvalue weighted by atomic mass is 16.4. The molecule has 0 unspecified atom stereocenters. The van der Waals surface area contributed by atoms with Gasteiger partial charge in [0.2, 0.25) is 0 Å². The zero-order valence-electron chi connectivity index (χ0n) is 8.63. The number of carbonyl (C=O) groups is 1. The van der Waals surface area contributed by atoms with E-state index in [1.807, 2.05) is 30.3 Å². The Hall–Kier alpha value is -2.16. The van der Waals surface area contributed by atoms with E-state index in [9.17, 15) is 4.79 Å². The summed E-state index contributed by atoms with van der Waals surface area (Å²) in [6.07, 6.45) is 2.25. The number of hydrogen-bond acceptors (Lipinski definition) is 2. The lowest BCUT2D eigenvalue weighted by Crippen LogP contribution is -2.03. The fraction of sp³-hybridized carbons (Fsp3) is 0.0769. The average molecular weight is 213 g/mol. The second kappa shape index (κ2) is 4.57. The molecule has 0 aliphatic rings. The summed E-state index contributed by atoms with van der Waals surface area (Å²) in [7, 11) is 0. The summed E-state index contributed by atoms with van der Waals surface area (Å²) in [5, 5.41) is 9.02. The molecule has 1 N–H and O–H groups in total. The minimum Gasteiger partial charge on any atom is -0.478 e. The van der Waals surface area contributed by atoms with Gasteiger partial charge in [-0.15, -0.1) is 0 Å². The summed E-state index contributed by atoms with van der Waals surface area (Å²) in [6.45, 7) is 0. The van der Waals surface area contributed by atoms with Crippen LogP contribution in [0.25, 0.3) is 0 Å². The first kappa shape index (κ1) is 10.4. The molecule has 1 aromatic carbocycles. The van der Waals surface area contributed by atoms with Crippen LogP contribution < -0.4 is 0 Å². The van der Waals surface area contributed by atoms with Crippen molar-refractivity contribution in [2.24, 2.45) is 0 Å². The first-order chi connectivity index (χ1) is 7.77. The largest absolute Gasteiger partial charge is 0.478 e. The lowest BCUT2D eigenvalue weighted by atomic mass is 10.0. The van der Waals surface area contributed by atoms with Crippen LogP contribution in [0, 0.1) is 0 Å². The van der Waals surface area contributed by atoms with Gasteiger partial charge in [0, 0.05) is 18.3 Å². The molecule has 0 amide bonds. The van der Waals surface area contributed by atoms with Gasteiger partial charge in [0.05, 0.1) is 5.56 Å². The molecule has 2 rings (SSSR count). The molecule has 0 aliphatic carbocycles. The van der Waals surface area contributed by atoms with Crippen molar-refractivity contribution in [2.45, 2.75) is 6.42 Å². The van der Waals surface area contributed by atoms with Crippen molar-refractivity contribution in [3.8, 4) is 0 Å². The molecular weight excluding hydrogens is 202 g/mol. The standard InChI is InChI=1S/C13H11NO2/c15-13(16)12-7-2-1-5-10(12)9-11-6-3-4-8-14-11/h1-8H,9H2,(H,15,16). The van der Waals surface area contributed by atoms with Crippen LogP contribution in [-0.2, 0) is 6.42 Å². The molecule has 80 valence electrons. The maximum Gasteiger partial charge on any atom is 0.335 e. The third-order valence-electron chi connectivity index (χ3n) is 2.35. The topological polar surface area (TPSA) is 50.2 Å². The first-order valence-electron chi connectivity index (χ1n) is 4.98. The van der Waals surface area contributed by atoms with Crippen LogP contribution in [0.2, 0.25) is 0 Å². The predicted octanol–water partition coefficient (Wildman–Crippen LogP) is 2.37. The van der Waals surface area contributed by atoms with Crippen LogP contribution in [0.4, 0.5) is 0 Å². The van der Waals surface area contributed by atoms with Crippen LogP contribution in [0.1, 0.15) is 21.6 Å². The van der Waals surface area contributed by atoms with Crippen LogP contribution in [0.5, 0.6) is 0 Å². The van der Waals surface area contributed by atoms with Crippen molar-refractivity contribution in [3.05, 3.63) is 65.5 Å². The molecule has 3 nitrogen and oxygen atoms in total. The highest BCUT2D eigenvalue weighted by molar-refractivity contribution is 5.89. The van der Waals surface area contributed by atoms with Gasteiger partial charge in [-0.1, -0.05) is 24.3 Å². The number of aromatic nitrogens is 1. The summed E-state index contributed by atoms with van der Waals surface area (Å²) < 4.78 is 0. The Morgan fingerprint density at radius 3 is 2.56 bits per heavy atom. The zero-order valence-corrected chi connectivity index (χ0v) is 8.63. The smallest absolute Gasteiger partial charge is 0.335 e. The van der Waals surface area contributed by atoms with Crippen LogP contribution >= 0.6 is 0 Å². The number of pyridine rings is 1. The monoisotopic (exact) mass is 213 g/mol. The van der Waals surface area contributed by atoms with E-state index in [0.717, 1.165) is 11.3 Å². The second-order valence-electron chi connectivity index (χ2n) is 3.46. The molecule has 0 fully saturated rings. The van der Waals surface area contributed by atoms with Crippen molar-refractivity contribution in [1.29, 1.82) is 0 Å². The maximum absolute atomic E-state index is 11.0. The summed E-state index contributed by atoms with van der Waals surface area (Å²) >= 11 is 0. The van der Waals surface area contributed by atoms with Gasteiger partial charge in [-0.3, -0.25) is 4.98 Å². The number of hydrogen-bond donors (Lipinski definition) is 1. The lowest BCUT2D eigenvalue weighted by molar-refractivity contribution is 0.0696. The lowest BCUT2D eigenvalue weighted by Gasteiger charge is -2.04. The molecule has 1 heterocycles. The molecule has 0 bridgehead atoms. The van der Waals surface area contributed by atoms with Gasteiger partial charge in [0.1, 0.15) is 0 Å². The fourth-order valence-corrected chi connectivity index (χ4v) is 1.58. The van der Waals surface area contributed by atoms with E-state index < -0.39 is 5.97 Å². The van der Waals surface area contributed by atoms with Gasteiger partial charge in [0.15, 0.2) is 0 Å². The molecule has 0 atom stereocenters. The van der Waals surface area contributed by atoms with E-state index in [1.165, 1.54) is 0 Å². The Morgan fingerprint density at radius 1 is 1.12 bits per heavy atom. The number of nitrogens with zero attached hydrogens (tertiary/aromatic N) is 1. The van der Waals surface area contributed by atoms with Gasteiger partial charge in [0.25, 0.3) is 0 Å². The van der Waals surface area contributed by atoms with E-state index in [2.05, 4.69) is 4.98 Å². The molecule has 3 heteroatoms. The number of benzene rings is 1. The third-order valence-corrected chi connectivity index (χ3v) is 2.35. The van der Waals surface area contributed by atoms with Gasteiger partial charge in [-0.25, -0.2) is 4.79 Å². The quantitative estimate of drug-likeness (QED) is 0.851. The third kappa shape index (κ3) is 2.25. The second-order valence-corrected chi connectivity index (χ2v) is 3.46. The van der Waals surface area contributed by atoms with Crippen molar-refractivity contribution in [2.75, 3.05) is 0 Å². The highest BCUT2D eigenvalue weighted by Crippen LogP contribution is 2.12. The molecule has 0 aliphatic heterocycles. The minimum atomic E-state index is -0.897. The van der Waals surface area contributed by atoms with E-state index in [0.29, 0.717) is 12.0 Å². The van der Waals surface area contributed by atoms with E-state index in [-0.39, 0.29) is 0 Å². The Kier molecular flexibility index (Phi) is 2.96. The molecule has 0 saturated heterocycles. The van der Waals surface area contributed by atoms with Crippen LogP contribution in [-0.4, -0.2) is 16.1 Å². The zero-order chi connectivity index (χ0) is 11.4. The van der Waals surface area contributed by atoms with E-state index >= 15 is 0 Å². The van der Waals surface area contributed by atoms with Crippen molar-refractivity contribution in [1.82, 2.24) is 4.98 Å². The van der Waals surface area contributed by atoms with E-state index in [1.54, 1.807) is 18.3 Å². The molecule has 2 aromatic rings. The van der Waals surface area contributed by atoms with Gasteiger partial charge < -0.3 is 5.11 Å². The Labute approximate surface area is 93.4 Å². The summed E-state index contributed by atoms with van der Waals surface area (Å²) in [5.74, 6) is -0.897. The summed E-state index contributed by atoms with van der Waals surface area (Å²) in [5.41, 5.74) is 2.00. The van der Waals surface area contributed by atoms with Crippen molar-refractivity contribution >= 4 is 5.97 Å². The van der Waals surface area contributed by atoms with Crippen molar-refractivity contribution < 1.29 is 9.90 Å². The number of carboxylic acid groups (broad SMARTS) is 1.